The van der Waals surface area contributed by atoms with Crippen LogP contribution in [0.3, 0.4) is 0 Å². The van der Waals surface area contributed by atoms with E-state index in [0.717, 1.165) is 0 Å². The molecule has 0 unspecified atom stereocenters. The van der Waals surface area contributed by atoms with E-state index in [-0.39, 0.29) is 5.76 Å². The maximum Gasteiger partial charge on any atom is 0.374 e. The Kier molecular flexibility index (Phi) is 4.06. The molecule has 1 aromatic heterocycles. The predicted octanol–water partition coefficient (Wildman–Crippen LogP) is 0.394. The molecule has 0 saturated heterocycles. The normalized spacial score (nSPS) is 9.56. The Bertz CT molecular complexity index is 428. The van der Waals surface area contributed by atoms with Crippen molar-refractivity contribution in [3.63, 3.8) is 0 Å². The van der Waals surface area contributed by atoms with Gasteiger partial charge in [-0.2, -0.15) is 0 Å². The summed E-state index contributed by atoms with van der Waals surface area (Å²) in [7, 11) is 0. The van der Waals surface area contributed by atoms with Crippen LogP contribution in [0.25, 0.3) is 0 Å². The Morgan fingerprint density at radius 2 is 2.12 bits per heavy atom. The number of urea groups is 1. The molecule has 0 saturated carbocycles. The number of imide groups is 1. The van der Waals surface area contributed by atoms with E-state index in [1.807, 2.05) is 0 Å². The first-order chi connectivity index (χ1) is 7.49. The van der Waals surface area contributed by atoms with Crippen LogP contribution in [0.2, 0.25) is 0 Å². The molecule has 7 nitrogen and oxygen atoms in total. The Morgan fingerprint density at radius 1 is 1.44 bits per heavy atom. The Balaban J connectivity index is 2.41. The monoisotopic (exact) mass is 290 g/mol. The Morgan fingerprint density at radius 3 is 2.62 bits per heavy atom. The number of carbonyl (C=O) groups excluding carboxylic acids is 3. The number of ether oxygens (including phenoxy) is 1. The molecule has 0 spiro atoms. The summed E-state index contributed by atoms with van der Waals surface area (Å²) in [5, 5.41) is 1.74. The first-order valence-electron chi connectivity index (χ1n) is 4.01. The lowest BCUT2D eigenvalue weighted by Crippen LogP contribution is -2.37. The minimum atomic E-state index is -1.01. The van der Waals surface area contributed by atoms with E-state index in [0.29, 0.717) is 4.67 Å². The average molecular weight is 291 g/mol. The zero-order valence-corrected chi connectivity index (χ0v) is 9.44. The molecule has 0 bridgehead atoms. The second-order valence-electron chi connectivity index (χ2n) is 2.59. The highest BCUT2D eigenvalue weighted by atomic mass is 79.9. The minimum Gasteiger partial charge on any atom is -0.450 e. The van der Waals surface area contributed by atoms with Crippen LogP contribution < -0.4 is 11.1 Å². The number of rotatable bonds is 3. The summed E-state index contributed by atoms with van der Waals surface area (Å²) in [5.74, 6) is -1.68. The third-order valence-corrected chi connectivity index (χ3v) is 1.80. The van der Waals surface area contributed by atoms with Crippen molar-refractivity contribution >= 4 is 33.8 Å². The number of carbonyl (C=O) groups is 3. The second-order valence-corrected chi connectivity index (χ2v) is 3.37. The van der Waals surface area contributed by atoms with Crippen molar-refractivity contribution < 1.29 is 23.5 Å². The van der Waals surface area contributed by atoms with Gasteiger partial charge in [0.05, 0.1) is 0 Å². The fourth-order valence-electron chi connectivity index (χ4n) is 0.800. The second kappa shape index (κ2) is 5.31. The average Bonchev–Trinajstić information content (AvgIpc) is 2.60. The third kappa shape index (κ3) is 3.73. The van der Waals surface area contributed by atoms with Gasteiger partial charge in [0.25, 0.3) is 5.91 Å². The number of nitrogens with two attached hydrogens (primary N) is 1. The molecule has 8 heteroatoms. The van der Waals surface area contributed by atoms with E-state index in [1.165, 1.54) is 12.1 Å². The molecule has 1 heterocycles. The Hall–Kier alpha value is -1.83. The number of esters is 1. The summed E-state index contributed by atoms with van der Waals surface area (Å²) in [6.45, 7) is -0.611. The zero-order chi connectivity index (χ0) is 12.1. The molecule has 1 rings (SSSR count). The lowest BCUT2D eigenvalue weighted by Gasteiger charge is -2.01. The molecule has 0 atom stereocenters. The fraction of sp³-hybridized carbons (Fsp3) is 0.125. The number of hydrogen-bond acceptors (Lipinski definition) is 5. The Labute approximate surface area is 98.0 Å². The molecule has 16 heavy (non-hydrogen) atoms. The van der Waals surface area contributed by atoms with Gasteiger partial charge in [0.1, 0.15) is 0 Å². The number of furan rings is 1. The van der Waals surface area contributed by atoms with Gasteiger partial charge in [-0.05, 0) is 28.1 Å². The third-order valence-electron chi connectivity index (χ3n) is 1.37. The van der Waals surface area contributed by atoms with Gasteiger partial charge in [-0.3, -0.25) is 10.1 Å². The van der Waals surface area contributed by atoms with Crippen LogP contribution in [-0.4, -0.2) is 24.5 Å². The van der Waals surface area contributed by atoms with Gasteiger partial charge in [0, 0.05) is 0 Å². The SMILES string of the molecule is NC(=O)NC(=O)COC(=O)c1ccc(Br)o1. The van der Waals surface area contributed by atoms with Crippen molar-refractivity contribution in [3.05, 3.63) is 22.6 Å². The van der Waals surface area contributed by atoms with E-state index < -0.39 is 24.5 Å². The fourth-order valence-corrected chi connectivity index (χ4v) is 1.11. The first kappa shape index (κ1) is 12.2. The summed E-state index contributed by atoms with van der Waals surface area (Å²) >= 11 is 3.00. The van der Waals surface area contributed by atoms with Crippen molar-refractivity contribution in [2.24, 2.45) is 5.73 Å². The van der Waals surface area contributed by atoms with Gasteiger partial charge in [0.2, 0.25) is 5.76 Å². The molecule has 0 aliphatic carbocycles. The van der Waals surface area contributed by atoms with E-state index in [2.05, 4.69) is 26.4 Å². The number of primary amides is 1. The van der Waals surface area contributed by atoms with Gasteiger partial charge in [0.15, 0.2) is 11.3 Å². The van der Waals surface area contributed by atoms with Crippen LogP contribution in [0.1, 0.15) is 10.6 Å². The van der Waals surface area contributed by atoms with Crippen LogP contribution in [0, 0.1) is 0 Å². The number of amides is 3. The molecule has 0 fully saturated rings. The van der Waals surface area contributed by atoms with Gasteiger partial charge in [-0.15, -0.1) is 0 Å². The molecule has 0 aliphatic heterocycles. The molecule has 3 amide bonds. The van der Waals surface area contributed by atoms with Crippen LogP contribution in [0.15, 0.2) is 21.2 Å². The topological polar surface area (TPSA) is 112 Å². The van der Waals surface area contributed by atoms with Crippen molar-refractivity contribution in [1.82, 2.24) is 5.32 Å². The highest BCUT2D eigenvalue weighted by molar-refractivity contribution is 9.10. The summed E-state index contributed by atoms with van der Waals surface area (Å²) in [4.78, 5) is 32.3. The van der Waals surface area contributed by atoms with Crippen LogP contribution >= 0.6 is 15.9 Å². The van der Waals surface area contributed by atoms with E-state index >= 15 is 0 Å². The van der Waals surface area contributed by atoms with E-state index in [9.17, 15) is 14.4 Å². The summed E-state index contributed by atoms with van der Waals surface area (Å²) < 4.78 is 9.77. The van der Waals surface area contributed by atoms with E-state index in [4.69, 9.17) is 4.42 Å². The molecule has 3 N–H and O–H groups in total. The van der Waals surface area contributed by atoms with Gasteiger partial charge in [-0.1, -0.05) is 0 Å². The molecular weight excluding hydrogens is 284 g/mol. The maximum atomic E-state index is 11.2. The van der Waals surface area contributed by atoms with Gasteiger partial charge >= 0.3 is 12.0 Å². The molecule has 86 valence electrons. The molecular formula is C8H7BrN2O5. The van der Waals surface area contributed by atoms with Crippen molar-refractivity contribution in [2.45, 2.75) is 0 Å². The molecule has 1 aromatic rings. The van der Waals surface area contributed by atoms with Crippen molar-refractivity contribution in [1.29, 1.82) is 0 Å². The molecule has 0 aromatic carbocycles. The summed E-state index contributed by atoms with van der Waals surface area (Å²) in [6.07, 6.45) is 0. The summed E-state index contributed by atoms with van der Waals surface area (Å²) in [5.41, 5.74) is 4.68. The first-order valence-corrected chi connectivity index (χ1v) is 4.80. The number of hydrogen-bond donors (Lipinski definition) is 2. The maximum absolute atomic E-state index is 11.2. The van der Waals surface area contributed by atoms with Gasteiger partial charge < -0.3 is 14.9 Å². The molecule has 0 radical (unpaired) electrons. The van der Waals surface area contributed by atoms with Crippen LogP contribution in [-0.2, 0) is 9.53 Å². The smallest absolute Gasteiger partial charge is 0.374 e. The van der Waals surface area contributed by atoms with Gasteiger partial charge in [-0.25, -0.2) is 9.59 Å². The number of halogens is 1. The molecule has 0 aliphatic rings. The quantitative estimate of drug-likeness (QED) is 0.782. The van der Waals surface area contributed by atoms with Crippen LogP contribution in [0.4, 0.5) is 4.79 Å². The lowest BCUT2D eigenvalue weighted by atomic mass is 10.4. The highest BCUT2D eigenvalue weighted by Gasteiger charge is 2.14. The van der Waals surface area contributed by atoms with E-state index in [1.54, 1.807) is 5.32 Å². The van der Waals surface area contributed by atoms with Crippen molar-refractivity contribution in [2.75, 3.05) is 6.61 Å². The minimum absolute atomic E-state index is 0.0567. The van der Waals surface area contributed by atoms with Crippen LogP contribution in [0.5, 0.6) is 0 Å². The highest BCUT2D eigenvalue weighted by Crippen LogP contribution is 2.14. The largest absolute Gasteiger partial charge is 0.450 e. The predicted molar refractivity (Wildman–Crippen MR) is 54.4 cm³/mol. The lowest BCUT2D eigenvalue weighted by molar-refractivity contribution is -0.123. The number of nitrogens with one attached hydrogen (secondary N) is 1. The zero-order valence-electron chi connectivity index (χ0n) is 7.86. The van der Waals surface area contributed by atoms with Crippen molar-refractivity contribution in [3.8, 4) is 0 Å². The standard InChI is InChI=1S/C8H7BrN2O5/c9-5-2-1-4(16-5)7(13)15-3-6(12)11-8(10)14/h1-2H,3H2,(H3,10,11,12,14). The summed E-state index contributed by atoms with van der Waals surface area (Å²) in [6, 6.07) is 1.86.